The fraction of sp³-hybridized carbons (Fsp3) is 0.400. The molecule has 1 aromatic rings. The summed E-state index contributed by atoms with van der Waals surface area (Å²) in [5.41, 5.74) is 0.190. The van der Waals surface area contributed by atoms with Gasteiger partial charge >= 0.3 is 12.1 Å². The maximum atomic E-state index is 11.7. The summed E-state index contributed by atoms with van der Waals surface area (Å²) in [5, 5.41) is 0. The van der Waals surface area contributed by atoms with Crippen molar-refractivity contribution in [1.82, 2.24) is 0 Å². The lowest BCUT2D eigenvalue weighted by atomic mass is 10.2. The van der Waals surface area contributed by atoms with E-state index >= 15 is 0 Å². The second-order valence-electron chi connectivity index (χ2n) is 5.24. The van der Waals surface area contributed by atoms with E-state index in [1.165, 1.54) is 6.92 Å². The number of hydrogen-bond donors (Lipinski definition) is 0. The Morgan fingerprint density at radius 2 is 1.75 bits per heavy atom. The smallest absolute Gasteiger partial charge is 0.434 e. The van der Waals surface area contributed by atoms with Crippen molar-refractivity contribution in [1.29, 1.82) is 0 Å². The largest absolute Gasteiger partial charge is 0.456 e. The minimum Gasteiger partial charge on any atom is -0.456 e. The van der Waals surface area contributed by atoms with E-state index in [9.17, 15) is 9.59 Å². The van der Waals surface area contributed by atoms with Gasteiger partial charge in [0, 0.05) is 0 Å². The molecule has 0 fully saturated rings. The number of rotatable bonds is 3. The van der Waals surface area contributed by atoms with Crippen molar-refractivity contribution in [2.45, 2.75) is 39.9 Å². The number of nitrogens with zero attached hydrogens (tertiary/aromatic N) is 1. The zero-order chi connectivity index (χ0) is 15.2. The molecule has 0 aliphatic rings. The molecular weight excluding hydrogens is 258 g/mol. The molecule has 0 aliphatic heterocycles. The molecule has 1 amide bonds. The number of carbonyl (C=O) groups is 2. The van der Waals surface area contributed by atoms with Gasteiger partial charge in [-0.2, -0.15) is 4.99 Å². The third kappa shape index (κ3) is 6.13. The van der Waals surface area contributed by atoms with Gasteiger partial charge in [-0.1, -0.05) is 30.3 Å². The molecule has 0 saturated heterocycles. The van der Waals surface area contributed by atoms with Gasteiger partial charge in [-0.15, -0.1) is 0 Å². The van der Waals surface area contributed by atoms with Crippen molar-refractivity contribution >= 4 is 17.8 Å². The zero-order valence-electron chi connectivity index (χ0n) is 12.2. The average Bonchev–Trinajstić information content (AvgIpc) is 2.34. The predicted octanol–water partition coefficient (Wildman–Crippen LogP) is 3.13. The number of benzene rings is 1. The fourth-order valence-corrected chi connectivity index (χ4v) is 1.29. The van der Waals surface area contributed by atoms with Crippen molar-refractivity contribution in [2.24, 2.45) is 4.99 Å². The van der Waals surface area contributed by atoms with Crippen LogP contribution in [0.15, 0.2) is 35.3 Å². The highest BCUT2D eigenvalue weighted by Crippen LogP contribution is 2.08. The second kappa shape index (κ2) is 6.84. The highest BCUT2D eigenvalue weighted by Gasteiger charge is 2.17. The van der Waals surface area contributed by atoms with E-state index in [-0.39, 0.29) is 12.3 Å². The Balaban J connectivity index is 2.52. The Morgan fingerprint density at radius 1 is 1.15 bits per heavy atom. The Kier molecular flexibility index (Phi) is 5.43. The van der Waals surface area contributed by atoms with E-state index in [1.807, 2.05) is 30.3 Å². The molecule has 0 N–H and O–H groups in total. The molecule has 0 heterocycles. The quantitative estimate of drug-likeness (QED) is 0.629. The molecule has 1 rings (SSSR count). The van der Waals surface area contributed by atoms with Gasteiger partial charge in [0.25, 0.3) is 0 Å². The Bertz CT molecular complexity index is 500. The topological polar surface area (TPSA) is 65.0 Å². The molecule has 1 aromatic carbocycles. The summed E-state index contributed by atoms with van der Waals surface area (Å²) in [6.07, 6.45) is -0.799. The second-order valence-corrected chi connectivity index (χ2v) is 5.24. The zero-order valence-corrected chi connectivity index (χ0v) is 12.2. The average molecular weight is 277 g/mol. The Hall–Kier alpha value is -2.17. The monoisotopic (exact) mass is 277 g/mol. The van der Waals surface area contributed by atoms with Crippen molar-refractivity contribution in [2.75, 3.05) is 0 Å². The molecule has 0 aromatic heterocycles. The van der Waals surface area contributed by atoms with Crippen LogP contribution in [0.2, 0.25) is 0 Å². The SMILES string of the molecule is C/C(=N\C(=O)OC(C)(C)C)C(=O)OCc1ccccc1. The van der Waals surface area contributed by atoms with E-state index in [4.69, 9.17) is 9.47 Å². The van der Waals surface area contributed by atoms with Gasteiger partial charge in [-0.25, -0.2) is 9.59 Å². The normalized spacial score (nSPS) is 11.9. The lowest BCUT2D eigenvalue weighted by Gasteiger charge is -2.17. The predicted molar refractivity (Wildman–Crippen MR) is 75.6 cm³/mol. The van der Waals surface area contributed by atoms with Crippen LogP contribution >= 0.6 is 0 Å². The van der Waals surface area contributed by atoms with E-state index in [0.29, 0.717) is 0 Å². The number of amides is 1. The van der Waals surface area contributed by atoms with Gasteiger partial charge in [0.05, 0.1) is 0 Å². The first-order valence-corrected chi connectivity index (χ1v) is 6.27. The number of aliphatic imine (C=N–C) groups is 1. The lowest BCUT2D eigenvalue weighted by Crippen LogP contribution is -2.24. The minimum absolute atomic E-state index is 0.0322. The molecule has 0 saturated carbocycles. The van der Waals surface area contributed by atoms with Crippen molar-refractivity contribution in [3.8, 4) is 0 Å². The first-order valence-electron chi connectivity index (χ1n) is 6.27. The maximum absolute atomic E-state index is 11.7. The van der Waals surface area contributed by atoms with Gasteiger partial charge in [0.2, 0.25) is 0 Å². The summed E-state index contributed by atoms with van der Waals surface area (Å²) in [7, 11) is 0. The third-order valence-electron chi connectivity index (χ3n) is 2.16. The molecule has 0 spiro atoms. The number of carbonyl (C=O) groups excluding carboxylic acids is 2. The van der Waals surface area contributed by atoms with Gasteiger partial charge in [0.1, 0.15) is 17.9 Å². The first kappa shape index (κ1) is 15.9. The Morgan fingerprint density at radius 3 is 2.30 bits per heavy atom. The summed E-state index contributed by atoms with van der Waals surface area (Å²) in [5.74, 6) is -0.639. The molecular formula is C15H19NO4. The molecule has 0 radical (unpaired) electrons. The van der Waals surface area contributed by atoms with E-state index in [2.05, 4.69) is 4.99 Å². The molecule has 0 unspecified atom stereocenters. The van der Waals surface area contributed by atoms with Crippen molar-refractivity contribution in [3.63, 3.8) is 0 Å². The minimum atomic E-state index is -0.799. The molecule has 5 nitrogen and oxygen atoms in total. The van der Waals surface area contributed by atoms with E-state index < -0.39 is 17.7 Å². The molecule has 0 atom stereocenters. The van der Waals surface area contributed by atoms with Crippen LogP contribution in [-0.4, -0.2) is 23.4 Å². The van der Waals surface area contributed by atoms with Gasteiger partial charge in [0.15, 0.2) is 0 Å². The van der Waals surface area contributed by atoms with Gasteiger partial charge in [-0.05, 0) is 33.3 Å². The van der Waals surface area contributed by atoms with Crippen LogP contribution in [0.25, 0.3) is 0 Å². The summed E-state index contributed by atoms with van der Waals surface area (Å²) in [6, 6.07) is 9.26. The van der Waals surface area contributed by atoms with Crippen LogP contribution in [-0.2, 0) is 20.9 Å². The van der Waals surface area contributed by atoms with Crippen LogP contribution in [0.3, 0.4) is 0 Å². The molecule has 0 bridgehead atoms. The van der Waals surface area contributed by atoms with Crippen molar-refractivity contribution in [3.05, 3.63) is 35.9 Å². The van der Waals surface area contributed by atoms with Gasteiger partial charge in [-0.3, -0.25) is 0 Å². The summed E-state index contributed by atoms with van der Waals surface area (Å²) in [4.78, 5) is 26.6. The van der Waals surface area contributed by atoms with Crippen molar-refractivity contribution < 1.29 is 19.1 Å². The van der Waals surface area contributed by atoms with Gasteiger partial charge < -0.3 is 9.47 Å². The summed E-state index contributed by atoms with van der Waals surface area (Å²) < 4.78 is 10.0. The van der Waals surface area contributed by atoms with Crippen LogP contribution in [0.1, 0.15) is 33.3 Å². The molecule has 108 valence electrons. The number of ether oxygens (including phenoxy) is 2. The molecule has 20 heavy (non-hydrogen) atoms. The van der Waals surface area contributed by atoms with Crippen LogP contribution in [0.4, 0.5) is 4.79 Å². The maximum Gasteiger partial charge on any atom is 0.434 e. The third-order valence-corrected chi connectivity index (χ3v) is 2.16. The molecule has 0 aliphatic carbocycles. The van der Waals surface area contributed by atoms with Crippen LogP contribution in [0, 0.1) is 0 Å². The first-order chi connectivity index (χ1) is 9.28. The van der Waals surface area contributed by atoms with Crippen LogP contribution in [0.5, 0.6) is 0 Å². The molecule has 5 heteroatoms. The van der Waals surface area contributed by atoms with E-state index in [0.717, 1.165) is 5.56 Å². The van der Waals surface area contributed by atoms with Crippen LogP contribution < -0.4 is 0 Å². The number of esters is 1. The number of hydrogen-bond acceptors (Lipinski definition) is 4. The highest BCUT2D eigenvalue weighted by atomic mass is 16.6. The lowest BCUT2D eigenvalue weighted by molar-refractivity contribution is -0.136. The highest BCUT2D eigenvalue weighted by molar-refractivity contribution is 6.36. The summed E-state index contributed by atoms with van der Waals surface area (Å²) in [6.45, 7) is 6.73. The fourth-order valence-electron chi connectivity index (χ4n) is 1.29. The van der Waals surface area contributed by atoms with E-state index in [1.54, 1.807) is 20.8 Å². The summed E-state index contributed by atoms with van der Waals surface area (Å²) >= 11 is 0. The standard InChI is InChI=1S/C15H19NO4/c1-11(16-14(18)20-15(2,3)4)13(17)19-10-12-8-6-5-7-9-12/h5-9H,10H2,1-4H3/b16-11+. The Labute approximate surface area is 118 Å².